The summed E-state index contributed by atoms with van der Waals surface area (Å²) in [7, 11) is -3.34. The van der Waals surface area contributed by atoms with Gasteiger partial charge in [0.05, 0.1) is 18.5 Å². The highest BCUT2D eigenvalue weighted by Crippen LogP contribution is 2.15. The number of benzene rings is 1. The van der Waals surface area contributed by atoms with E-state index in [0.29, 0.717) is 5.69 Å². The number of nitrogens with one attached hydrogen (secondary N) is 1. The number of nitrogen functional groups attached to an aromatic ring is 1. The Hall–Kier alpha value is -1.11. The molecule has 0 aliphatic heterocycles. The topological polar surface area (TPSA) is 81.4 Å². The fourth-order valence-electron chi connectivity index (χ4n) is 1.57. The molecule has 5 nitrogen and oxygen atoms in total. The summed E-state index contributed by atoms with van der Waals surface area (Å²) in [5.74, 6) is -0.0372. The van der Waals surface area contributed by atoms with E-state index in [1.54, 1.807) is 19.1 Å². The van der Waals surface area contributed by atoms with Crippen molar-refractivity contribution in [2.45, 2.75) is 32.9 Å². The molecular weight excluding hydrogens is 264 g/mol. The predicted octanol–water partition coefficient (Wildman–Crippen LogP) is 1.67. The summed E-state index contributed by atoms with van der Waals surface area (Å²) in [6.45, 7) is 5.74. The van der Waals surface area contributed by atoms with Gasteiger partial charge < -0.3 is 10.5 Å². The third-order valence-corrected chi connectivity index (χ3v) is 4.01. The summed E-state index contributed by atoms with van der Waals surface area (Å²) in [5, 5.41) is 0. The molecular formula is C13H22N2O3S. The highest BCUT2D eigenvalue weighted by atomic mass is 32.2. The van der Waals surface area contributed by atoms with Crippen LogP contribution in [0.25, 0.3) is 0 Å². The van der Waals surface area contributed by atoms with Crippen molar-refractivity contribution in [3.05, 3.63) is 29.8 Å². The number of hydrogen-bond donors (Lipinski definition) is 2. The lowest BCUT2D eigenvalue weighted by Crippen LogP contribution is -2.31. The first-order valence-corrected chi connectivity index (χ1v) is 7.92. The number of ether oxygens (including phenoxy) is 1. The van der Waals surface area contributed by atoms with Crippen molar-refractivity contribution in [2.75, 3.05) is 18.1 Å². The van der Waals surface area contributed by atoms with Crippen LogP contribution in [0.2, 0.25) is 0 Å². The molecule has 1 aromatic carbocycles. The zero-order valence-electron chi connectivity index (χ0n) is 11.6. The monoisotopic (exact) mass is 286 g/mol. The Balaban J connectivity index is 2.55. The molecule has 0 spiro atoms. The van der Waals surface area contributed by atoms with Crippen molar-refractivity contribution in [1.82, 2.24) is 4.72 Å². The molecule has 3 N–H and O–H groups in total. The minimum Gasteiger partial charge on any atom is -0.399 e. The second-order valence-electron chi connectivity index (χ2n) is 4.74. The van der Waals surface area contributed by atoms with E-state index in [2.05, 4.69) is 4.72 Å². The van der Waals surface area contributed by atoms with Crippen LogP contribution in [0.15, 0.2) is 24.3 Å². The van der Waals surface area contributed by atoms with Gasteiger partial charge >= 0.3 is 0 Å². The lowest BCUT2D eigenvalue weighted by Gasteiger charge is -2.15. The molecule has 0 aliphatic carbocycles. The summed E-state index contributed by atoms with van der Waals surface area (Å²) in [4.78, 5) is 0. The Labute approximate surface area is 115 Å². The molecule has 0 radical (unpaired) electrons. The van der Waals surface area contributed by atoms with E-state index in [0.717, 1.165) is 5.56 Å². The van der Waals surface area contributed by atoms with E-state index >= 15 is 0 Å². The van der Waals surface area contributed by atoms with Crippen LogP contribution in [0.5, 0.6) is 0 Å². The smallest absolute Gasteiger partial charge is 0.214 e. The minimum absolute atomic E-state index is 0.0322. The molecule has 1 atom stereocenters. The highest BCUT2D eigenvalue weighted by molar-refractivity contribution is 7.89. The largest absolute Gasteiger partial charge is 0.399 e. The quantitative estimate of drug-likeness (QED) is 0.747. The summed E-state index contributed by atoms with van der Waals surface area (Å²) in [6.07, 6.45) is 0.0322. The van der Waals surface area contributed by atoms with Crippen molar-refractivity contribution in [2.24, 2.45) is 0 Å². The van der Waals surface area contributed by atoms with E-state index in [4.69, 9.17) is 10.5 Å². The van der Waals surface area contributed by atoms with E-state index in [1.807, 2.05) is 26.0 Å². The molecule has 0 heterocycles. The van der Waals surface area contributed by atoms with Crippen LogP contribution in [0, 0.1) is 0 Å². The minimum atomic E-state index is -3.34. The van der Waals surface area contributed by atoms with Crippen molar-refractivity contribution in [3.8, 4) is 0 Å². The summed E-state index contributed by atoms with van der Waals surface area (Å²) in [6, 6.07) is 6.84. The van der Waals surface area contributed by atoms with Crippen LogP contribution in [-0.4, -0.2) is 26.9 Å². The number of sulfonamides is 1. The van der Waals surface area contributed by atoms with Gasteiger partial charge in [0.25, 0.3) is 0 Å². The third kappa shape index (κ3) is 6.04. The van der Waals surface area contributed by atoms with Gasteiger partial charge in [-0.1, -0.05) is 12.1 Å². The van der Waals surface area contributed by atoms with Crippen molar-refractivity contribution in [1.29, 1.82) is 0 Å². The summed E-state index contributed by atoms with van der Waals surface area (Å²) in [5.41, 5.74) is 7.13. The second kappa shape index (κ2) is 6.88. The fraction of sp³-hybridized carbons (Fsp3) is 0.538. The van der Waals surface area contributed by atoms with E-state index in [-0.39, 0.29) is 24.5 Å². The first kappa shape index (κ1) is 15.9. The van der Waals surface area contributed by atoms with Gasteiger partial charge in [-0.05, 0) is 38.5 Å². The zero-order valence-corrected chi connectivity index (χ0v) is 12.4. The van der Waals surface area contributed by atoms with Crippen molar-refractivity contribution >= 4 is 15.7 Å². The number of rotatable bonds is 7. The maximum Gasteiger partial charge on any atom is 0.214 e. The number of hydrogen-bond acceptors (Lipinski definition) is 4. The molecule has 0 amide bonds. The fourth-order valence-corrected chi connectivity index (χ4v) is 2.68. The molecule has 19 heavy (non-hydrogen) atoms. The summed E-state index contributed by atoms with van der Waals surface area (Å²) >= 11 is 0. The van der Waals surface area contributed by atoms with Crippen LogP contribution in [0.4, 0.5) is 5.69 Å². The molecule has 0 saturated carbocycles. The van der Waals surface area contributed by atoms with Crippen LogP contribution >= 0.6 is 0 Å². The molecule has 1 aromatic rings. The van der Waals surface area contributed by atoms with Crippen molar-refractivity contribution < 1.29 is 13.2 Å². The van der Waals surface area contributed by atoms with E-state index in [1.165, 1.54) is 0 Å². The molecule has 0 fully saturated rings. The van der Waals surface area contributed by atoms with Crippen LogP contribution in [-0.2, 0) is 14.8 Å². The number of anilines is 1. The average Bonchev–Trinajstić information content (AvgIpc) is 2.28. The molecule has 0 aliphatic rings. The van der Waals surface area contributed by atoms with Gasteiger partial charge in [0.2, 0.25) is 10.0 Å². The lowest BCUT2D eigenvalue weighted by atomic mass is 10.1. The zero-order chi connectivity index (χ0) is 14.5. The van der Waals surface area contributed by atoms with E-state index < -0.39 is 10.0 Å². The lowest BCUT2D eigenvalue weighted by molar-refractivity contribution is 0.0911. The van der Waals surface area contributed by atoms with Gasteiger partial charge in [0, 0.05) is 11.7 Å². The molecule has 1 rings (SSSR count). The third-order valence-electron chi connectivity index (χ3n) is 2.60. The van der Waals surface area contributed by atoms with Crippen LogP contribution < -0.4 is 10.5 Å². The molecule has 108 valence electrons. The molecule has 1 unspecified atom stereocenters. The Morgan fingerprint density at radius 1 is 1.21 bits per heavy atom. The van der Waals surface area contributed by atoms with Gasteiger partial charge in [-0.25, -0.2) is 13.1 Å². The predicted molar refractivity (Wildman–Crippen MR) is 77.3 cm³/mol. The molecule has 6 heteroatoms. The number of nitrogens with two attached hydrogens (primary N) is 1. The Bertz CT molecular complexity index is 483. The maximum atomic E-state index is 11.8. The first-order valence-electron chi connectivity index (χ1n) is 6.27. The second-order valence-corrected chi connectivity index (χ2v) is 6.62. The Morgan fingerprint density at radius 3 is 2.32 bits per heavy atom. The maximum absolute atomic E-state index is 11.8. The van der Waals surface area contributed by atoms with Crippen LogP contribution in [0.1, 0.15) is 32.4 Å². The first-order chi connectivity index (χ1) is 8.80. The summed E-state index contributed by atoms with van der Waals surface area (Å²) < 4.78 is 31.6. The van der Waals surface area contributed by atoms with Crippen LogP contribution in [0.3, 0.4) is 0 Å². The Kier molecular flexibility index (Phi) is 5.78. The van der Waals surface area contributed by atoms with E-state index in [9.17, 15) is 8.42 Å². The molecule has 0 aromatic heterocycles. The van der Waals surface area contributed by atoms with Gasteiger partial charge in [-0.3, -0.25) is 0 Å². The normalized spacial score (nSPS) is 13.7. The molecule has 0 bridgehead atoms. The van der Waals surface area contributed by atoms with Gasteiger partial charge in [0.1, 0.15) is 0 Å². The van der Waals surface area contributed by atoms with Gasteiger partial charge in [-0.2, -0.15) is 0 Å². The SMILES string of the molecule is CC(C)OCCS(=O)(=O)NC(C)c1ccc(N)cc1. The molecule has 0 saturated heterocycles. The van der Waals surface area contributed by atoms with Crippen molar-refractivity contribution in [3.63, 3.8) is 0 Å². The average molecular weight is 286 g/mol. The standard InChI is InChI=1S/C13H22N2O3S/c1-10(2)18-8-9-19(16,17)15-11(3)12-4-6-13(14)7-5-12/h4-7,10-11,15H,8-9,14H2,1-3H3. The van der Waals surface area contributed by atoms with Gasteiger partial charge in [-0.15, -0.1) is 0 Å². The highest BCUT2D eigenvalue weighted by Gasteiger charge is 2.15. The van der Waals surface area contributed by atoms with Gasteiger partial charge in [0.15, 0.2) is 0 Å². The Morgan fingerprint density at radius 2 is 1.79 bits per heavy atom.